The highest BCUT2D eigenvalue weighted by atomic mass is 15.0. The van der Waals surface area contributed by atoms with Crippen molar-refractivity contribution in [2.24, 2.45) is 0 Å². The van der Waals surface area contributed by atoms with Crippen molar-refractivity contribution in [2.45, 2.75) is 0 Å². The van der Waals surface area contributed by atoms with Gasteiger partial charge >= 0.3 is 0 Å². The molecule has 11 aromatic carbocycles. The zero-order valence-electron chi connectivity index (χ0n) is 31.5. The molecule has 0 N–H and O–H groups in total. The van der Waals surface area contributed by atoms with Crippen LogP contribution in [0.25, 0.3) is 120 Å². The van der Waals surface area contributed by atoms with Crippen LogP contribution in [-0.2, 0) is 0 Å². The summed E-state index contributed by atoms with van der Waals surface area (Å²) in [4.78, 5) is 0. The molecule has 0 fully saturated rings. The maximum Gasteiger partial charge on any atom is 0.0641 e. The predicted molar refractivity (Wildman–Crippen MR) is 247 cm³/mol. The molecule has 0 bridgehead atoms. The van der Waals surface area contributed by atoms with Crippen molar-refractivity contribution in [3.63, 3.8) is 0 Å². The van der Waals surface area contributed by atoms with Crippen LogP contribution in [0.2, 0.25) is 0 Å². The number of para-hydroxylation sites is 3. The van der Waals surface area contributed by atoms with E-state index in [0.717, 1.165) is 11.4 Å². The van der Waals surface area contributed by atoms with Crippen molar-refractivity contribution in [2.75, 3.05) is 0 Å². The largest absolute Gasteiger partial charge is 0.309 e. The lowest BCUT2D eigenvalue weighted by Crippen LogP contribution is -1.96. The lowest BCUT2D eigenvalue weighted by Gasteiger charge is -2.18. The molecule has 0 atom stereocenters. The van der Waals surface area contributed by atoms with Crippen molar-refractivity contribution in [3.05, 3.63) is 206 Å². The van der Waals surface area contributed by atoms with E-state index in [4.69, 9.17) is 0 Å². The number of nitrogens with zero attached hydrogens (tertiary/aromatic N) is 2. The number of hydrogen-bond donors (Lipinski definition) is 0. The fraction of sp³-hybridized carbons (Fsp3) is 0. The molecule has 2 heteroatoms. The highest BCUT2D eigenvalue weighted by Gasteiger charge is 2.22. The summed E-state index contributed by atoms with van der Waals surface area (Å²) in [5.74, 6) is 0. The molecule has 0 aliphatic carbocycles. The molecule has 0 saturated carbocycles. The molecular formula is C56H34N2. The maximum atomic E-state index is 2.50. The van der Waals surface area contributed by atoms with Crippen LogP contribution >= 0.6 is 0 Å². The topological polar surface area (TPSA) is 9.86 Å². The van der Waals surface area contributed by atoms with Crippen LogP contribution in [0.3, 0.4) is 0 Å². The van der Waals surface area contributed by atoms with Crippen LogP contribution in [0.4, 0.5) is 0 Å². The number of benzene rings is 11. The van der Waals surface area contributed by atoms with Crippen LogP contribution in [0.1, 0.15) is 0 Å². The molecule has 2 heterocycles. The summed E-state index contributed by atoms with van der Waals surface area (Å²) in [6, 6.07) is 76.2. The fourth-order valence-electron chi connectivity index (χ4n) is 10.2. The number of hydrogen-bond acceptors (Lipinski definition) is 0. The van der Waals surface area contributed by atoms with Gasteiger partial charge in [0.2, 0.25) is 0 Å². The van der Waals surface area contributed by atoms with E-state index in [0.29, 0.717) is 0 Å². The van der Waals surface area contributed by atoms with Gasteiger partial charge < -0.3 is 9.13 Å². The van der Waals surface area contributed by atoms with Crippen molar-refractivity contribution >= 4 is 86.7 Å². The first-order valence-corrected chi connectivity index (χ1v) is 20.1. The van der Waals surface area contributed by atoms with Crippen molar-refractivity contribution in [1.82, 2.24) is 9.13 Å². The average molecular weight is 735 g/mol. The summed E-state index contributed by atoms with van der Waals surface area (Å²) < 4.78 is 4.92. The highest BCUT2D eigenvalue weighted by Crippen LogP contribution is 2.45. The molecule has 0 radical (unpaired) electrons. The fourth-order valence-corrected chi connectivity index (χ4v) is 10.2. The molecule has 2 aromatic heterocycles. The van der Waals surface area contributed by atoms with E-state index in [-0.39, 0.29) is 0 Å². The number of aromatic nitrogens is 2. The highest BCUT2D eigenvalue weighted by molar-refractivity contribution is 6.29. The molecule has 0 aliphatic heterocycles. The number of rotatable bonds is 4. The summed E-state index contributed by atoms with van der Waals surface area (Å²) in [5.41, 5.74) is 12.2. The molecule has 0 aliphatic rings. The Bertz CT molecular complexity index is 3780. The molecule has 268 valence electrons. The Kier molecular flexibility index (Phi) is 6.47. The van der Waals surface area contributed by atoms with Gasteiger partial charge in [0.05, 0.1) is 22.1 Å². The normalized spacial score (nSPS) is 12.1. The molecule has 13 rings (SSSR count). The molecule has 2 nitrogen and oxygen atoms in total. The van der Waals surface area contributed by atoms with E-state index in [9.17, 15) is 0 Å². The molecule has 0 saturated heterocycles. The van der Waals surface area contributed by atoms with E-state index < -0.39 is 0 Å². The van der Waals surface area contributed by atoms with Gasteiger partial charge in [0.25, 0.3) is 0 Å². The van der Waals surface area contributed by atoms with Gasteiger partial charge in [-0.25, -0.2) is 0 Å². The van der Waals surface area contributed by atoms with Crippen LogP contribution in [0.15, 0.2) is 206 Å². The molecular weight excluding hydrogens is 701 g/mol. The summed E-state index contributed by atoms with van der Waals surface area (Å²) >= 11 is 0. The first-order chi connectivity index (χ1) is 28.8. The first-order valence-electron chi connectivity index (χ1n) is 20.1. The summed E-state index contributed by atoms with van der Waals surface area (Å²) in [6.45, 7) is 0. The Morgan fingerprint density at radius 1 is 0.259 bits per heavy atom. The quantitative estimate of drug-likeness (QED) is 0.159. The molecule has 0 unspecified atom stereocenters. The van der Waals surface area contributed by atoms with Gasteiger partial charge in [-0.15, -0.1) is 0 Å². The van der Waals surface area contributed by atoms with E-state index in [2.05, 4.69) is 215 Å². The molecule has 0 spiro atoms. The van der Waals surface area contributed by atoms with Gasteiger partial charge in [0, 0.05) is 32.9 Å². The second-order valence-electron chi connectivity index (χ2n) is 15.6. The number of fused-ring (bicyclic) bond motifs is 8. The summed E-state index contributed by atoms with van der Waals surface area (Å²) in [6.07, 6.45) is 0. The van der Waals surface area contributed by atoms with Crippen molar-refractivity contribution < 1.29 is 0 Å². The van der Waals surface area contributed by atoms with Crippen LogP contribution in [0.5, 0.6) is 0 Å². The first kappa shape index (κ1) is 31.5. The van der Waals surface area contributed by atoms with Crippen molar-refractivity contribution in [1.29, 1.82) is 0 Å². The second kappa shape index (κ2) is 11.9. The monoisotopic (exact) mass is 734 g/mol. The third-order valence-corrected chi connectivity index (χ3v) is 12.6. The Balaban J connectivity index is 1.06. The van der Waals surface area contributed by atoms with Gasteiger partial charge in [-0.3, -0.25) is 0 Å². The second-order valence-corrected chi connectivity index (χ2v) is 15.6. The summed E-state index contributed by atoms with van der Waals surface area (Å²) in [7, 11) is 0. The minimum absolute atomic E-state index is 1.15. The maximum absolute atomic E-state index is 2.50. The third-order valence-electron chi connectivity index (χ3n) is 12.6. The Morgan fingerprint density at radius 2 is 0.828 bits per heavy atom. The van der Waals surface area contributed by atoms with Crippen molar-refractivity contribution in [3.8, 4) is 33.6 Å². The zero-order chi connectivity index (χ0) is 37.9. The Morgan fingerprint density at radius 3 is 1.64 bits per heavy atom. The SMILES string of the molecule is c1ccc(-n2c3ccccc3c3c2ccc2c4ccccc4n(-c4cccc(-c5ccc6ccc7c(-c8cccc9ccccc89)ccc8ccc5c6c87)c4)c23)cc1. The molecule has 13 aromatic rings. The van der Waals surface area contributed by atoms with Gasteiger partial charge in [-0.1, -0.05) is 164 Å². The Labute approximate surface area is 334 Å². The van der Waals surface area contributed by atoms with Crippen LogP contribution in [-0.4, -0.2) is 9.13 Å². The van der Waals surface area contributed by atoms with E-state index >= 15 is 0 Å². The minimum Gasteiger partial charge on any atom is -0.309 e. The lowest BCUT2D eigenvalue weighted by molar-refractivity contribution is 1.17. The van der Waals surface area contributed by atoms with Gasteiger partial charge in [-0.2, -0.15) is 0 Å². The summed E-state index contributed by atoms with van der Waals surface area (Å²) in [5, 5.41) is 15.3. The van der Waals surface area contributed by atoms with Gasteiger partial charge in [-0.05, 0) is 108 Å². The minimum atomic E-state index is 1.15. The van der Waals surface area contributed by atoms with E-state index in [1.807, 2.05) is 0 Å². The third kappa shape index (κ3) is 4.32. The predicted octanol–water partition coefficient (Wildman–Crippen LogP) is 15.3. The average Bonchev–Trinajstić information content (AvgIpc) is 3.81. The lowest BCUT2D eigenvalue weighted by atomic mass is 9.86. The van der Waals surface area contributed by atoms with E-state index in [1.54, 1.807) is 0 Å². The van der Waals surface area contributed by atoms with Crippen LogP contribution in [0, 0.1) is 0 Å². The smallest absolute Gasteiger partial charge is 0.0641 e. The molecule has 0 amide bonds. The van der Waals surface area contributed by atoms with E-state index in [1.165, 1.54) is 109 Å². The zero-order valence-corrected chi connectivity index (χ0v) is 31.5. The Hall–Kier alpha value is -7.68. The van der Waals surface area contributed by atoms with Gasteiger partial charge in [0.15, 0.2) is 0 Å². The molecule has 58 heavy (non-hydrogen) atoms. The van der Waals surface area contributed by atoms with Crippen LogP contribution < -0.4 is 0 Å². The van der Waals surface area contributed by atoms with Gasteiger partial charge in [0.1, 0.15) is 0 Å². The standard InChI is InChI=1S/C56H34N2/c1-2-15-39(16-3-1)57-51-23-9-7-20-49(51)55-52(57)33-32-48-45-19-6-8-22-50(45)58(56(48)55)40-17-10-14-38(34-40)42-28-24-36-27-31-47-44(29-25-37-26-30-46(42)53(36)54(37)47)43-21-11-13-35-12-4-5-18-41(35)43/h1-34H.